The van der Waals surface area contributed by atoms with Crippen LogP contribution in [0.25, 0.3) is 0 Å². The Bertz CT molecular complexity index is 1160. The van der Waals surface area contributed by atoms with E-state index < -0.39 is 22.0 Å². The minimum Gasteiger partial charge on any atom is -0.352 e. The molecule has 7 nitrogen and oxygen atoms in total. The van der Waals surface area contributed by atoms with Crippen LogP contribution in [0.3, 0.4) is 0 Å². The first kappa shape index (κ1) is 27.7. The SMILES string of the molecule is Cc1ccccc1CN(C(=O)CN(c1ccc(C(C)C)cc1)S(C)(=O)=O)[C@@H](C)C(=O)NC1CCCC1. The summed E-state index contributed by atoms with van der Waals surface area (Å²) in [5.41, 5.74) is 3.42. The van der Waals surface area contributed by atoms with Gasteiger partial charge in [-0.2, -0.15) is 0 Å². The van der Waals surface area contributed by atoms with Gasteiger partial charge in [-0.25, -0.2) is 8.42 Å². The molecule has 1 saturated carbocycles. The van der Waals surface area contributed by atoms with E-state index in [1.54, 1.807) is 19.1 Å². The van der Waals surface area contributed by atoms with Crippen LogP contribution in [-0.4, -0.2) is 50.0 Å². The molecule has 36 heavy (non-hydrogen) atoms. The number of benzene rings is 2. The highest BCUT2D eigenvalue weighted by molar-refractivity contribution is 7.92. The monoisotopic (exact) mass is 513 g/mol. The highest BCUT2D eigenvalue weighted by atomic mass is 32.2. The van der Waals surface area contributed by atoms with E-state index in [2.05, 4.69) is 19.2 Å². The molecule has 1 fully saturated rings. The van der Waals surface area contributed by atoms with E-state index >= 15 is 0 Å². The lowest BCUT2D eigenvalue weighted by Crippen LogP contribution is -2.52. The van der Waals surface area contributed by atoms with Crippen LogP contribution in [0, 0.1) is 6.92 Å². The van der Waals surface area contributed by atoms with Gasteiger partial charge >= 0.3 is 0 Å². The molecule has 2 aromatic rings. The molecule has 0 unspecified atom stereocenters. The number of amides is 2. The topological polar surface area (TPSA) is 86.8 Å². The van der Waals surface area contributed by atoms with Crippen molar-refractivity contribution >= 4 is 27.5 Å². The summed E-state index contributed by atoms with van der Waals surface area (Å²) in [6.07, 6.45) is 5.16. The van der Waals surface area contributed by atoms with Crippen molar-refractivity contribution in [2.75, 3.05) is 17.1 Å². The van der Waals surface area contributed by atoms with Crippen molar-refractivity contribution in [2.45, 2.75) is 77.9 Å². The number of rotatable bonds is 10. The zero-order chi connectivity index (χ0) is 26.5. The third kappa shape index (κ3) is 7.09. The number of nitrogens with zero attached hydrogens (tertiary/aromatic N) is 2. The number of hydrogen-bond acceptors (Lipinski definition) is 4. The quantitative estimate of drug-likeness (QED) is 0.511. The lowest BCUT2D eigenvalue weighted by molar-refractivity contribution is -0.139. The average molecular weight is 514 g/mol. The third-order valence-corrected chi connectivity index (χ3v) is 8.14. The Morgan fingerprint density at radius 3 is 2.17 bits per heavy atom. The predicted molar refractivity (Wildman–Crippen MR) is 144 cm³/mol. The van der Waals surface area contributed by atoms with E-state index in [4.69, 9.17) is 0 Å². The number of sulfonamides is 1. The van der Waals surface area contributed by atoms with Gasteiger partial charge in [0.1, 0.15) is 12.6 Å². The molecule has 2 amide bonds. The summed E-state index contributed by atoms with van der Waals surface area (Å²) in [7, 11) is -3.74. The van der Waals surface area contributed by atoms with Crippen LogP contribution >= 0.6 is 0 Å². The number of anilines is 1. The molecule has 0 radical (unpaired) electrons. The van der Waals surface area contributed by atoms with Crippen molar-refractivity contribution in [3.63, 3.8) is 0 Å². The Hall–Kier alpha value is -2.87. The first-order valence-corrected chi connectivity index (χ1v) is 14.5. The molecule has 1 N–H and O–H groups in total. The molecule has 2 aromatic carbocycles. The van der Waals surface area contributed by atoms with Crippen LogP contribution < -0.4 is 9.62 Å². The fraction of sp³-hybridized carbons (Fsp3) is 0.500. The van der Waals surface area contributed by atoms with Crippen LogP contribution in [-0.2, 0) is 26.2 Å². The molecule has 0 heterocycles. The normalized spacial score (nSPS) is 15.1. The van der Waals surface area contributed by atoms with Crippen LogP contribution in [0.2, 0.25) is 0 Å². The van der Waals surface area contributed by atoms with E-state index in [0.29, 0.717) is 11.6 Å². The van der Waals surface area contributed by atoms with Crippen LogP contribution in [0.15, 0.2) is 48.5 Å². The third-order valence-electron chi connectivity index (χ3n) is 7.00. The van der Waals surface area contributed by atoms with Crippen molar-refractivity contribution in [3.05, 3.63) is 65.2 Å². The van der Waals surface area contributed by atoms with Gasteiger partial charge in [0.25, 0.3) is 0 Å². The molecule has 1 aliphatic rings. The van der Waals surface area contributed by atoms with Gasteiger partial charge in [0.2, 0.25) is 21.8 Å². The molecular formula is C28H39N3O4S. The maximum absolute atomic E-state index is 13.7. The molecule has 0 aromatic heterocycles. The molecule has 0 bridgehead atoms. The zero-order valence-corrected chi connectivity index (χ0v) is 22.8. The molecule has 1 atom stereocenters. The Kier molecular flexibility index (Phi) is 9.17. The number of carbonyl (C=O) groups is 2. The van der Waals surface area contributed by atoms with Crippen molar-refractivity contribution in [1.82, 2.24) is 10.2 Å². The van der Waals surface area contributed by atoms with E-state index in [1.807, 2.05) is 43.3 Å². The predicted octanol–water partition coefficient (Wildman–Crippen LogP) is 4.36. The summed E-state index contributed by atoms with van der Waals surface area (Å²) >= 11 is 0. The van der Waals surface area contributed by atoms with E-state index in [9.17, 15) is 18.0 Å². The Balaban J connectivity index is 1.88. The number of hydrogen-bond donors (Lipinski definition) is 1. The molecular weight excluding hydrogens is 474 g/mol. The van der Waals surface area contributed by atoms with Gasteiger partial charge in [0.05, 0.1) is 11.9 Å². The molecule has 0 spiro atoms. The van der Waals surface area contributed by atoms with Gasteiger partial charge in [-0.15, -0.1) is 0 Å². The lowest BCUT2D eigenvalue weighted by atomic mass is 10.0. The van der Waals surface area contributed by atoms with E-state index in [0.717, 1.165) is 52.9 Å². The fourth-order valence-corrected chi connectivity index (χ4v) is 5.43. The molecule has 0 saturated heterocycles. The molecule has 3 rings (SSSR count). The lowest BCUT2D eigenvalue weighted by Gasteiger charge is -2.32. The molecule has 196 valence electrons. The van der Waals surface area contributed by atoms with Gasteiger partial charge in [0.15, 0.2) is 0 Å². The summed E-state index contributed by atoms with van der Waals surface area (Å²) in [5.74, 6) is -0.335. The summed E-state index contributed by atoms with van der Waals surface area (Å²) in [6.45, 7) is 7.63. The van der Waals surface area contributed by atoms with Crippen molar-refractivity contribution in [1.29, 1.82) is 0 Å². The average Bonchev–Trinajstić information content (AvgIpc) is 3.34. The van der Waals surface area contributed by atoms with Crippen LogP contribution in [0.4, 0.5) is 5.69 Å². The number of nitrogens with one attached hydrogen (secondary N) is 1. The van der Waals surface area contributed by atoms with Crippen molar-refractivity contribution < 1.29 is 18.0 Å². The molecule has 8 heteroatoms. The molecule has 1 aliphatic carbocycles. The summed E-state index contributed by atoms with van der Waals surface area (Å²) in [6, 6.07) is 14.3. The Morgan fingerprint density at radius 2 is 1.61 bits per heavy atom. The standard InChI is InChI=1S/C28H39N3O4S/c1-20(2)23-14-16-26(17-15-23)31(36(5,34)35)19-27(32)30(18-24-11-7-6-10-21(24)3)22(4)28(33)29-25-12-8-9-13-25/h6-7,10-11,14-17,20,22,25H,8-9,12-13,18-19H2,1-5H3,(H,29,33)/t22-/m0/s1. The largest absolute Gasteiger partial charge is 0.352 e. The van der Waals surface area contributed by atoms with E-state index in [-0.39, 0.29) is 25.0 Å². The van der Waals surface area contributed by atoms with Crippen molar-refractivity contribution in [3.8, 4) is 0 Å². The minimum absolute atomic E-state index is 0.127. The van der Waals surface area contributed by atoms with Gasteiger partial charge in [-0.3, -0.25) is 13.9 Å². The fourth-order valence-electron chi connectivity index (χ4n) is 4.58. The first-order valence-electron chi connectivity index (χ1n) is 12.7. The number of carbonyl (C=O) groups excluding carboxylic acids is 2. The second-order valence-corrected chi connectivity index (χ2v) is 12.0. The summed E-state index contributed by atoms with van der Waals surface area (Å²) < 4.78 is 26.6. The van der Waals surface area contributed by atoms with Crippen molar-refractivity contribution in [2.24, 2.45) is 0 Å². The van der Waals surface area contributed by atoms with Gasteiger partial charge in [-0.1, -0.05) is 63.1 Å². The van der Waals surface area contributed by atoms with Crippen LogP contribution in [0.5, 0.6) is 0 Å². The first-order chi connectivity index (χ1) is 17.0. The van der Waals surface area contributed by atoms with Gasteiger partial charge < -0.3 is 10.2 Å². The number of aryl methyl sites for hydroxylation is 1. The maximum Gasteiger partial charge on any atom is 0.244 e. The minimum atomic E-state index is -3.74. The molecule has 0 aliphatic heterocycles. The summed E-state index contributed by atoms with van der Waals surface area (Å²) in [4.78, 5) is 28.3. The van der Waals surface area contributed by atoms with Gasteiger partial charge in [-0.05, 0) is 61.4 Å². The highest BCUT2D eigenvalue weighted by Gasteiger charge is 2.31. The van der Waals surface area contributed by atoms with Crippen LogP contribution in [0.1, 0.15) is 69.1 Å². The summed E-state index contributed by atoms with van der Waals surface area (Å²) in [5, 5.41) is 3.08. The second kappa shape index (κ2) is 11.9. The Morgan fingerprint density at radius 1 is 1.00 bits per heavy atom. The zero-order valence-electron chi connectivity index (χ0n) is 22.0. The van der Waals surface area contributed by atoms with E-state index in [1.165, 1.54) is 4.90 Å². The second-order valence-electron chi connectivity index (χ2n) is 10.1. The highest BCUT2D eigenvalue weighted by Crippen LogP contribution is 2.23. The van der Waals surface area contributed by atoms with Gasteiger partial charge in [0, 0.05) is 12.6 Å². The Labute approximate surface area is 215 Å². The maximum atomic E-state index is 13.7. The smallest absolute Gasteiger partial charge is 0.244 e.